The molecule has 1 aliphatic heterocycles. The molecule has 0 bridgehead atoms. The second-order valence-electron chi connectivity index (χ2n) is 4.53. The van der Waals surface area contributed by atoms with Crippen LogP contribution in [0.3, 0.4) is 0 Å². The van der Waals surface area contributed by atoms with Gasteiger partial charge < -0.3 is 4.57 Å². The second-order valence-corrected chi connectivity index (χ2v) is 5.28. The Morgan fingerprint density at radius 3 is 2.83 bits per heavy atom. The summed E-state index contributed by atoms with van der Waals surface area (Å²) in [5.41, 5.74) is 3.23. The quantitative estimate of drug-likeness (QED) is 0.809. The number of halogens is 1. The summed E-state index contributed by atoms with van der Waals surface area (Å²) in [5, 5.41) is 8.83. The SMILES string of the molecule is N#Cc1ccc(C2CCCc3c(Br)ncn32)cc1. The highest BCUT2D eigenvalue weighted by Crippen LogP contribution is 2.33. The Balaban J connectivity index is 2.00. The van der Waals surface area contributed by atoms with Crippen molar-refractivity contribution in [2.24, 2.45) is 0 Å². The first-order valence-corrected chi connectivity index (χ1v) is 6.80. The van der Waals surface area contributed by atoms with E-state index < -0.39 is 0 Å². The number of aromatic nitrogens is 2. The Bertz CT molecular complexity index is 607. The minimum atomic E-state index is 0.347. The van der Waals surface area contributed by atoms with E-state index in [9.17, 15) is 0 Å². The van der Waals surface area contributed by atoms with Crippen LogP contribution in [0, 0.1) is 11.3 Å². The van der Waals surface area contributed by atoms with Gasteiger partial charge in [0.15, 0.2) is 0 Å². The van der Waals surface area contributed by atoms with E-state index in [0.717, 1.165) is 17.4 Å². The predicted molar refractivity (Wildman–Crippen MR) is 72.2 cm³/mol. The number of fused-ring (bicyclic) bond motifs is 1. The molecule has 0 spiro atoms. The third-order valence-electron chi connectivity index (χ3n) is 3.50. The Labute approximate surface area is 114 Å². The largest absolute Gasteiger partial charge is 0.326 e. The van der Waals surface area contributed by atoms with Gasteiger partial charge in [-0.05, 0) is 52.9 Å². The van der Waals surface area contributed by atoms with Gasteiger partial charge in [0.2, 0.25) is 0 Å². The maximum atomic E-state index is 8.83. The number of nitriles is 1. The molecule has 0 saturated carbocycles. The summed E-state index contributed by atoms with van der Waals surface area (Å²) >= 11 is 3.50. The smallest absolute Gasteiger partial charge is 0.127 e. The van der Waals surface area contributed by atoms with E-state index in [1.54, 1.807) is 0 Å². The first kappa shape index (κ1) is 11.5. The lowest BCUT2D eigenvalue weighted by molar-refractivity contribution is 0.457. The van der Waals surface area contributed by atoms with Gasteiger partial charge >= 0.3 is 0 Å². The zero-order valence-corrected chi connectivity index (χ0v) is 11.4. The van der Waals surface area contributed by atoms with Crippen molar-refractivity contribution in [2.45, 2.75) is 25.3 Å². The molecular formula is C14H12BrN3. The van der Waals surface area contributed by atoms with E-state index in [4.69, 9.17) is 5.26 Å². The van der Waals surface area contributed by atoms with Crippen molar-refractivity contribution in [3.63, 3.8) is 0 Å². The minimum Gasteiger partial charge on any atom is -0.326 e. The number of benzene rings is 1. The molecule has 1 aromatic carbocycles. The van der Waals surface area contributed by atoms with Gasteiger partial charge in [-0.1, -0.05) is 12.1 Å². The molecule has 0 aliphatic carbocycles. The number of nitrogens with zero attached hydrogens (tertiary/aromatic N) is 3. The fourth-order valence-corrected chi connectivity index (χ4v) is 3.07. The van der Waals surface area contributed by atoms with E-state index in [1.807, 2.05) is 30.6 Å². The third kappa shape index (κ3) is 1.85. The second kappa shape index (κ2) is 4.58. The van der Waals surface area contributed by atoms with Crippen LogP contribution in [-0.4, -0.2) is 9.55 Å². The number of hydrogen-bond donors (Lipinski definition) is 0. The molecule has 2 aromatic rings. The van der Waals surface area contributed by atoms with Crippen molar-refractivity contribution in [1.29, 1.82) is 5.26 Å². The molecular weight excluding hydrogens is 290 g/mol. The number of rotatable bonds is 1. The van der Waals surface area contributed by atoms with Crippen LogP contribution < -0.4 is 0 Å². The van der Waals surface area contributed by atoms with Gasteiger partial charge in [-0.15, -0.1) is 0 Å². The normalized spacial score (nSPS) is 18.1. The van der Waals surface area contributed by atoms with Gasteiger partial charge in [0.1, 0.15) is 4.60 Å². The molecule has 1 atom stereocenters. The van der Waals surface area contributed by atoms with E-state index in [1.165, 1.54) is 17.7 Å². The molecule has 0 amide bonds. The molecule has 1 aromatic heterocycles. The van der Waals surface area contributed by atoms with Crippen molar-refractivity contribution in [2.75, 3.05) is 0 Å². The number of hydrogen-bond acceptors (Lipinski definition) is 2. The average Bonchev–Trinajstić information content (AvgIpc) is 2.81. The molecule has 90 valence electrons. The van der Waals surface area contributed by atoms with Crippen molar-refractivity contribution in [3.05, 3.63) is 52.0 Å². The summed E-state index contributed by atoms with van der Waals surface area (Å²) < 4.78 is 3.20. The minimum absolute atomic E-state index is 0.347. The molecule has 3 rings (SSSR count). The topological polar surface area (TPSA) is 41.6 Å². The standard InChI is InChI=1S/C14H12BrN3/c15-14-13-3-1-2-12(18(13)9-17-14)11-6-4-10(8-16)5-7-11/h4-7,9,12H,1-3H2. The lowest BCUT2D eigenvalue weighted by atomic mass is 9.96. The molecule has 2 heterocycles. The van der Waals surface area contributed by atoms with E-state index in [-0.39, 0.29) is 0 Å². The fraction of sp³-hybridized carbons (Fsp3) is 0.286. The summed E-state index contributed by atoms with van der Waals surface area (Å²) in [4.78, 5) is 4.33. The Morgan fingerprint density at radius 1 is 1.33 bits per heavy atom. The van der Waals surface area contributed by atoms with Crippen molar-refractivity contribution in [1.82, 2.24) is 9.55 Å². The van der Waals surface area contributed by atoms with Crippen LogP contribution in [0.2, 0.25) is 0 Å². The fourth-order valence-electron chi connectivity index (χ4n) is 2.57. The van der Waals surface area contributed by atoms with Crippen LogP contribution in [0.1, 0.15) is 35.7 Å². The van der Waals surface area contributed by atoms with Crippen molar-refractivity contribution >= 4 is 15.9 Å². The molecule has 1 unspecified atom stereocenters. The maximum Gasteiger partial charge on any atom is 0.127 e. The lowest BCUT2D eigenvalue weighted by Gasteiger charge is -2.26. The molecule has 0 N–H and O–H groups in total. The molecule has 18 heavy (non-hydrogen) atoms. The highest BCUT2D eigenvalue weighted by Gasteiger charge is 2.23. The monoisotopic (exact) mass is 301 g/mol. The number of imidazole rings is 1. The molecule has 0 radical (unpaired) electrons. The van der Waals surface area contributed by atoms with Crippen molar-refractivity contribution < 1.29 is 0 Å². The summed E-state index contributed by atoms with van der Waals surface area (Å²) in [6.07, 6.45) is 5.28. The van der Waals surface area contributed by atoms with Crippen LogP contribution in [0.5, 0.6) is 0 Å². The Kier molecular flexibility index (Phi) is 2.92. The van der Waals surface area contributed by atoms with E-state index in [2.05, 4.69) is 31.6 Å². The van der Waals surface area contributed by atoms with E-state index >= 15 is 0 Å². The molecule has 0 saturated heterocycles. The van der Waals surface area contributed by atoms with Crippen LogP contribution in [-0.2, 0) is 6.42 Å². The van der Waals surface area contributed by atoms with Crippen molar-refractivity contribution in [3.8, 4) is 6.07 Å². The third-order valence-corrected chi connectivity index (χ3v) is 4.16. The van der Waals surface area contributed by atoms with Gasteiger partial charge in [-0.3, -0.25) is 0 Å². The predicted octanol–water partition coefficient (Wildman–Crippen LogP) is 3.44. The zero-order chi connectivity index (χ0) is 12.5. The summed E-state index contributed by atoms with van der Waals surface area (Å²) in [6.45, 7) is 0. The van der Waals surface area contributed by atoms with Gasteiger partial charge in [0.05, 0.1) is 29.7 Å². The van der Waals surface area contributed by atoms with Gasteiger partial charge in [-0.2, -0.15) is 5.26 Å². The molecule has 3 nitrogen and oxygen atoms in total. The summed E-state index contributed by atoms with van der Waals surface area (Å²) in [7, 11) is 0. The molecule has 1 aliphatic rings. The van der Waals surface area contributed by atoms with E-state index in [0.29, 0.717) is 11.6 Å². The summed E-state index contributed by atoms with van der Waals surface area (Å²) in [5.74, 6) is 0. The lowest BCUT2D eigenvalue weighted by Crippen LogP contribution is -2.17. The first-order valence-electron chi connectivity index (χ1n) is 6.01. The van der Waals surface area contributed by atoms with Crippen LogP contribution >= 0.6 is 15.9 Å². The highest BCUT2D eigenvalue weighted by molar-refractivity contribution is 9.10. The Hall–Kier alpha value is -1.60. The first-order chi connectivity index (χ1) is 8.79. The van der Waals surface area contributed by atoms with Crippen LogP contribution in [0.4, 0.5) is 0 Å². The maximum absolute atomic E-state index is 8.83. The highest BCUT2D eigenvalue weighted by atomic mass is 79.9. The molecule has 0 fully saturated rings. The van der Waals surface area contributed by atoms with Crippen LogP contribution in [0.15, 0.2) is 35.2 Å². The summed E-state index contributed by atoms with van der Waals surface area (Å²) in [6, 6.07) is 10.4. The van der Waals surface area contributed by atoms with Gasteiger partial charge in [0, 0.05) is 0 Å². The van der Waals surface area contributed by atoms with Gasteiger partial charge in [0.25, 0.3) is 0 Å². The van der Waals surface area contributed by atoms with Crippen LogP contribution in [0.25, 0.3) is 0 Å². The molecule has 4 heteroatoms. The van der Waals surface area contributed by atoms with Gasteiger partial charge in [-0.25, -0.2) is 4.98 Å². The average molecular weight is 302 g/mol. The zero-order valence-electron chi connectivity index (χ0n) is 9.81. The Morgan fingerprint density at radius 2 is 2.11 bits per heavy atom.